The average molecular weight is 453 g/mol. The van der Waals surface area contributed by atoms with Crippen LogP contribution >= 0.6 is 11.3 Å². The van der Waals surface area contributed by atoms with E-state index in [0.717, 1.165) is 21.3 Å². The van der Waals surface area contributed by atoms with Gasteiger partial charge in [0.1, 0.15) is 12.4 Å². The van der Waals surface area contributed by atoms with Crippen LogP contribution in [0.25, 0.3) is 32.2 Å². The van der Waals surface area contributed by atoms with E-state index in [4.69, 9.17) is 21.4 Å². The fourth-order valence-corrected chi connectivity index (χ4v) is 3.72. The number of aromatic nitrogens is 3. The summed E-state index contributed by atoms with van der Waals surface area (Å²) in [6.45, 7) is -0.136. The lowest BCUT2D eigenvalue weighted by Gasteiger charge is -2.11. The standard InChI is InChI=1S/C16H13N5O2S.C2HF3O2/c17-15-13-8-3-4-21(7-12(22)23)14(8)9(11-2-1-5-24-11)6-10(13)19-16(18)20-15;3-2(4,5)1(6)7/h1-6H,7H2,(H,22,23)(H4,17,18,19,20);(H,6,7). The molecule has 0 fully saturated rings. The lowest BCUT2D eigenvalue weighted by Crippen LogP contribution is -2.21. The number of carboxylic acids is 2. The van der Waals surface area contributed by atoms with E-state index in [1.165, 1.54) is 0 Å². The SMILES string of the molecule is Nc1nc(N)c2c(cc(-c3cccs3)c3c2ccn3CC(=O)O)n1.O=C(O)C(F)(F)F. The first-order valence-corrected chi connectivity index (χ1v) is 9.27. The van der Waals surface area contributed by atoms with E-state index in [1.807, 2.05) is 29.6 Å². The zero-order chi connectivity index (χ0) is 22.9. The third-order valence-corrected chi connectivity index (χ3v) is 4.99. The van der Waals surface area contributed by atoms with Crippen LogP contribution in [0, 0.1) is 0 Å². The molecule has 0 atom stereocenters. The van der Waals surface area contributed by atoms with Gasteiger partial charge >= 0.3 is 18.1 Å². The Bertz CT molecular complexity index is 1290. The zero-order valence-corrected chi connectivity index (χ0v) is 16.2. The van der Waals surface area contributed by atoms with E-state index in [-0.39, 0.29) is 18.3 Å². The number of halogens is 3. The van der Waals surface area contributed by atoms with Crippen LogP contribution < -0.4 is 11.5 Å². The summed E-state index contributed by atoms with van der Waals surface area (Å²) < 4.78 is 33.4. The summed E-state index contributed by atoms with van der Waals surface area (Å²) >= 11 is 1.57. The molecule has 162 valence electrons. The number of carboxylic acid groups (broad SMARTS) is 2. The first kappa shape index (κ1) is 21.8. The Hall–Kier alpha value is -3.87. The summed E-state index contributed by atoms with van der Waals surface area (Å²) in [5.74, 6) is -3.27. The quantitative estimate of drug-likeness (QED) is 0.368. The van der Waals surface area contributed by atoms with Crippen molar-refractivity contribution in [3.05, 3.63) is 35.8 Å². The first-order valence-electron chi connectivity index (χ1n) is 8.39. The molecule has 0 bridgehead atoms. The lowest BCUT2D eigenvalue weighted by molar-refractivity contribution is -0.192. The fourth-order valence-electron chi connectivity index (χ4n) is 2.97. The van der Waals surface area contributed by atoms with Gasteiger partial charge in [-0.15, -0.1) is 11.3 Å². The number of benzene rings is 1. The molecule has 0 spiro atoms. The van der Waals surface area contributed by atoms with Crippen molar-refractivity contribution in [3.63, 3.8) is 0 Å². The van der Waals surface area contributed by atoms with Gasteiger partial charge < -0.3 is 26.2 Å². The number of nitrogens with two attached hydrogens (primary N) is 2. The summed E-state index contributed by atoms with van der Waals surface area (Å²) in [6.07, 6.45) is -3.34. The summed E-state index contributed by atoms with van der Waals surface area (Å²) in [5.41, 5.74) is 14.1. The van der Waals surface area contributed by atoms with Crippen molar-refractivity contribution in [2.75, 3.05) is 11.5 Å². The maximum absolute atomic E-state index is 11.2. The van der Waals surface area contributed by atoms with Crippen LogP contribution in [0.4, 0.5) is 24.9 Å². The molecule has 0 unspecified atom stereocenters. The van der Waals surface area contributed by atoms with Crippen LogP contribution in [0.2, 0.25) is 0 Å². The number of rotatable bonds is 3. The monoisotopic (exact) mass is 453 g/mol. The molecule has 0 aliphatic rings. The predicted molar refractivity (Wildman–Crippen MR) is 108 cm³/mol. The molecule has 3 aromatic heterocycles. The zero-order valence-electron chi connectivity index (χ0n) is 15.4. The highest BCUT2D eigenvalue weighted by molar-refractivity contribution is 7.13. The van der Waals surface area contributed by atoms with E-state index in [2.05, 4.69) is 9.97 Å². The Balaban J connectivity index is 0.000000339. The molecule has 6 N–H and O–H groups in total. The molecular weight excluding hydrogens is 439 g/mol. The van der Waals surface area contributed by atoms with Gasteiger partial charge in [-0.3, -0.25) is 4.79 Å². The topological polar surface area (TPSA) is 157 Å². The molecule has 0 saturated heterocycles. The van der Waals surface area contributed by atoms with E-state index in [1.54, 1.807) is 22.1 Å². The van der Waals surface area contributed by atoms with Crippen molar-refractivity contribution >= 4 is 56.8 Å². The highest BCUT2D eigenvalue weighted by Gasteiger charge is 2.38. The van der Waals surface area contributed by atoms with Gasteiger partial charge in [-0.05, 0) is 23.6 Å². The highest BCUT2D eigenvalue weighted by atomic mass is 32.1. The summed E-state index contributed by atoms with van der Waals surface area (Å²) in [6, 6.07) is 7.66. The van der Waals surface area contributed by atoms with Gasteiger partial charge in [0.15, 0.2) is 0 Å². The summed E-state index contributed by atoms with van der Waals surface area (Å²) in [4.78, 5) is 29.4. The summed E-state index contributed by atoms with van der Waals surface area (Å²) in [7, 11) is 0. The van der Waals surface area contributed by atoms with E-state index >= 15 is 0 Å². The number of carbonyl (C=O) groups is 2. The molecule has 0 radical (unpaired) electrons. The number of nitrogen functional groups attached to an aromatic ring is 2. The van der Waals surface area contributed by atoms with Gasteiger partial charge in [0.2, 0.25) is 5.95 Å². The smallest absolute Gasteiger partial charge is 0.480 e. The van der Waals surface area contributed by atoms with E-state index in [0.29, 0.717) is 10.9 Å². The third kappa shape index (κ3) is 4.50. The Kier molecular flexibility index (Phi) is 5.71. The summed E-state index contributed by atoms with van der Waals surface area (Å²) in [5, 5.41) is 19.8. The largest absolute Gasteiger partial charge is 0.490 e. The van der Waals surface area contributed by atoms with Crippen LogP contribution in [0.3, 0.4) is 0 Å². The van der Waals surface area contributed by atoms with Crippen LogP contribution in [-0.2, 0) is 16.1 Å². The molecule has 0 aliphatic carbocycles. The molecule has 13 heteroatoms. The maximum atomic E-state index is 11.2. The molecule has 0 amide bonds. The Morgan fingerprint density at radius 1 is 1.16 bits per heavy atom. The van der Waals surface area contributed by atoms with Gasteiger partial charge in [0.25, 0.3) is 0 Å². The minimum Gasteiger partial charge on any atom is -0.480 e. The molecule has 4 rings (SSSR count). The van der Waals surface area contributed by atoms with Gasteiger partial charge in [0.05, 0.1) is 16.4 Å². The van der Waals surface area contributed by atoms with Crippen LogP contribution in [-0.4, -0.2) is 42.9 Å². The Labute approximate surface area is 175 Å². The van der Waals surface area contributed by atoms with Gasteiger partial charge in [-0.1, -0.05) is 6.07 Å². The number of fused-ring (bicyclic) bond motifs is 3. The number of nitrogens with zero attached hydrogens (tertiary/aromatic N) is 3. The van der Waals surface area contributed by atoms with Crippen molar-refractivity contribution in [1.29, 1.82) is 0 Å². The Morgan fingerprint density at radius 3 is 2.39 bits per heavy atom. The highest BCUT2D eigenvalue weighted by Crippen LogP contribution is 2.38. The van der Waals surface area contributed by atoms with Crippen LogP contribution in [0.1, 0.15) is 0 Å². The van der Waals surface area contributed by atoms with Crippen LogP contribution in [0.5, 0.6) is 0 Å². The molecule has 3 heterocycles. The second-order valence-corrected chi connectivity index (χ2v) is 7.11. The number of hydrogen-bond acceptors (Lipinski definition) is 7. The second-order valence-electron chi connectivity index (χ2n) is 6.17. The molecule has 0 aliphatic heterocycles. The predicted octanol–water partition coefficient (Wildman–Crippen LogP) is 3.20. The van der Waals surface area contributed by atoms with E-state index < -0.39 is 18.1 Å². The van der Waals surface area contributed by atoms with Crippen LogP contribution in [0.15, 0.2) is 35.8 Å². The van der Waals surface area contributed by atoms with E-state index in [9.17, 15) is 23.1 Å². The molecular formula is C18H14F3N5O4S. The van der Waals surface area contributed by atoms with Gasteiger partial charge in [-0.2, -0.15) is 18.2 Å². The number of anilines is 2. The number of thiophene rings is 1. The lowest BCUT2D eigenvalue weighted by atomic mass is 10.0. The number of hydrogen-bond donors (Lipinski definition) is 4. The van der Waals surface area contributed by atoms with Crippen molar-refractivity contribution in [1.82, 2.24) is 14.5 Å². The Morgan fingerprint density at radius 2 is 1.84 bits per heavy atom. The second kappa shape index (κ2) is 8.10. The minimum atomic E-state index is -5.08. The average Bonchev–Trinajstić information content (AvgIpc) is 3.30. The van der Waals surface area contributed by atoms with Crippen molar-refractivity contribution < 1.29 is 33.0 Å². The number of aliphatic carboxylic acids is 2. The normalized spacial score (nSPS) is 11.3. The number of alkyl halides is 3. The molecule has 9 nitrogen and oxygen atoms in total. The molecule has 1 aromatic carbocycles. The molecule has 31 heavy (non-hydrogen) atoms. The first-order chi connectivity index (χ1) is 14.5. The van der Waals surface area contributed by atoms with Crippen molar-refractivity contribution in [2.24, 2.45) is 0 Å². The maximum Gasteiger partial charge on any atom is 0.490 e. The fraction of sp³-hybridized carbons (Fsp3) is 0.111. The molecule has 4 aromatic rings. The van der Waals surface area contributed by atoms with Gasteiger partial charge in [0, 0.05) is 22.0 Å². The molecule has 0 saturated carbocycles. The van der Waals surface area contributed by atoms with Crippen molar-refractivity contribution in [2.45, 2.75) is 12.7 Å². The third-order valence-electron chi connectivity index (χ3n) is 4.09. The minimum absolute atomic E-state index is 0.112. The van der Waals surface area contributed by atoms with Gasteiger partial charge in [-0.25, -0.2) is 9.78 Å². The van der Waals surface area contributed by atoms with Crippen molar-refractivity contribution in [3.8, 4) is 10.4 Å².